The molecule has 0 amide bonds. The number of pyridine rings is 1. The minimum Gasteiger partial charge on any atom is -0.372 e. The maximum atomic E-state index is 5.39. The number of nitrogens with one attached hydrogen (secondary N) is 1. The molecule has 4 nitrogen and oxygen atoms in total. The summed E-state index contributed by atoms with van der Waals surface area (Å²) in [6.45, 7) is 5.67. The molecule has 0 aromatic carbocycles. The number of ether oxygens (including phenoxy) is 1. The van der Waals surface area contributed by atoms with Gasteiger partial charge in [-0.15, -0.1) is 0 Å². The largest absolute Gasteiger partial charge is 0.372 e. The summed E-state index contributed by atoms with van der Waals surface area (Å²) < 4.78 is 5.39. The summed E-state index contributed by atoms with van der Waals surface area (Å²) >= 11 is 0. The Morgan fingerprint density at radius 1 is 1.20 bits per heavy atom. The summed E-state index contributed by atoms with van der Waals surface area (Å²) in [4.78, 5) is 6.82. The minimum absolute atomic E-state index is 0.726. The highest BCUT2D eigenvalue weighted by molar-refractivity contribution is 5.44. The summed E-state index contributed by atoms with van der Waals surface area (Å²) in [6, 6.07) is 2.17. The molecular formula is C11H15N3O. The number of rotatable bonds is 1. The van der Waals surface area contributed by atoms with Crippen molar-refractivity contribution in [3.8, 4) is 0 Å². The molecule has 1 aromatic rings. The van der Waals surface area contributed by atoms with Crippen molar-refractivity contribution in [2.75, 3.05) is 31.1 Å². The molecule has 2 aliphatic rings. The van der Waals surface area contributed by atoms with E-state index >= 15 is 0 Å². The van der Waals surface area contributed by atoms with Gasteiger partial charge in [-0.05, 0) is 11.6 Å². The zero-order valence-electron chi connectivity index (χ0n) is 8.70. The van der Waals surface area contributed by atoms with Crippen LogP contribution in [-0.4, -0.2) is 31.2 Å². The molecule has 4 heteroatoms. The second-order valence-corrected chi connectivity index (χ2v) is 4.04. The average molecular weight is 205 g/mol. The van der Waals surface area contributed by atoms with Crippen molar-refractivity contribution < 1.29 is 4.74 Å². The number of fused-ring (bicyclic) bond motifs is 1. The van der Waals surface area contributed by atoms with E-state index in [1.165, 1.54) is 11.1 Å². The summed E-state index contributed by atoms with van der Waals surface area (Å²) in [6.07, 6.45) is 1.96. The third-order valence-corrected chi connectivity index (χ3v) is 3.02. The standard InChI is InChI=1S/C11H15N3O/c1-3-14(4-2-12-1)11-5-9-7-15-8-10(9)6-13-11/h5-6,12H,1-4,7-8H2. The molecule has 0 atom stereocenters. The lowest BCUT2D eigenvalue weighted by Gasteiger charge is -2.28. The summed E-state index contributed by atoms with van der Waals surface area (Å²) in [5.74, 6) is 1.10. The second-order valence-electron chi connectivity index (χ2n) is 4.04. The number of hydrogen-bond acceptors (Lipinski definition) is 4. The monoisotopic (exact) mass is 205 g/mol. The molecule has 2 aliphatic heterocycles. The van der Waals surface area contributed by atoms with E-state index < -0.39 is 0 Å². The average Bonchev–Trinajstić information content (AvgIpc) is 2.77. The normalized spacial score (nSPS) is 20.4. The SMILES string of the molecule is c1nc(N2CCNCC2)cc2c1COC2. The van der Waals surface area contributed by atoms with Crippen LogP contribution in [0.25, 0.3) is 0 Å². The Bertz CT molecular complexity index is 361. The molecule has 1 N–H and O–H groups in total. The van der Waals surface area contributed by atoms with Gasteiger partial charge in [0.1, 0.15) is 5.82 Å². The highest BCUT2D eigenvalue weighted by Gasteiger charge is 2.16. The number of anilines is 1. The second kappa shape index (κ2) is 3.79. The molecule has 1 aromatic heterocycles. The quantitative estimate of drug-likeness (QED) is 0.725. The molecule has 15 heavy (non-hydrogen) atoms. The Kier molecular flexibility index (Phi) is 2.31. The molecule has 3 rings (SSSR count). The van der Waals surface area contributed by atoms with E-state index in [4.69, 9.17) is 4.74 Å². The topological polar surface area (TPSA) is 37.4 Å². The van der Waals surface area contributed by atoms with E-state index in [0.717, 1.165) is 45.2 Å². The van der Waals surface area contributed by atoms with Crippen LogP contribution in [0.3, 0.4) is 0 Å². The Labute approximate surface area is 89.3 Å². The first-order chi connectivity index (χ1) is 7.43. The van der Waals surface area contributed by atoms with Crippen molar-refractivity contribution in [1.29, 1.82) is 0 Å². The van der Waals surface area contributed by atoms with Crippen molar-refractivity contribution >= 4 is 5.82 Å². The molecule has 0 spiro atoms. The number of aromatic nitrogens is 1. The number of nitrogens with zero attached hydrogens (tertiary/aromatic N) is 2. The zero-order valence-corrected chi connectivity index (χ0v) is 8.70. The van der Waals surface area contributed by atoms with Crippen LogP contribution < -0.4 is 10.2 Å². The Morgan fingerprint density at radius 2 is 2.00 bits per heavy atom. The first kappa shape index (κ1) is 9.12. The highest BCUT2D eigenvalue weighted by Crippen LogP contribution is 2.23. The fourth-order valence-electron chi connectivity index (χ4n) is 2.11. The van der Waals surface area contributed by atoms with Crippen LogP contribution in [0.2, 0.25) is 0 Å². The highest BCUT2D eigenvalue weighted by atomic mass is 16.5. The van der Waals surface area contributed by atoms with Crippen molar-refractivity contribution in [2.24, 2.45) is 0 Å². The maximum absolute atomic E-state index is 5.39. The van der Waals surface area contributed by atoms with Gasteiger partial charge in [-0.3, -0.25) is 0 Å². The van der Waals surface area contributed by atoms with Gasteiger partial charge < -0.3 is 15.0 Å². The molecule has 80 valence electrons. The van der Waals surface area contributed by atoms with Crippen molar-refractivity contribution in [3.63, 3.8) is 0 Å². The van der Waals surface area contributed by atoms with Gasteiger partial charge in [0.15, 0.2) is 0 Å². The summed E-state index contributed by atoms with van der Waals surface area (Å²) in [7, 11) is 0. The van der Waals surface area contributed by atoms with Crippen LogP contribution in [0, 0.1) is 0 Å². The first-order valence-corrected chi connectivity index (χ1v) is 5.45. The van der Waals surface area contributed by atoms with Gasteiger partial charge in [-0.2, -0.15) is 0 Å². The zero-order chi connectivity index (χ0) is 10.1. The number of hydrogen-bond donors (Lipinski definition) is 1. The molecule has 0 saturated carbocycles. The van der Waals surface area contributed by atoms with Gasteiger partial charge in [0.05, 0.1) is 13.2 Å². The molecule has 1 fully saturated rings. The van der Waals surface area contributed by atoms with Gasteiger partial charge in [0, 0.05) is 37.9 Å². The van der Waals surface area contributed by atoms with E-state index in [-0.39, 0.29) is 0 Å². The molecule has 0 bridgehead atoms. The van der Waals surface area contributed by atoms with E-state index in [1.54, 1.807) is 0 Å². The Morgan fingerprint density at radius 3 is 2.87 bits per heavy atom. The first-order valence-electron chi connectivity index (χ1n) is 5.45. The van der Waals surface area contributed by atoms with Gasteiger partial charge in [-0.1, -0.05) is 0 Å². The molecule has 0 unspecified atom stereocenters. The van der Waals surface area contributed by atoms with Crippen LogP contribution in [0.15, 0.2) is 12.3 Å². The minimum atomic E-state index is 0.726. The van der Waals surface area contributed by atoms with Crippen LogP contribution >= 0.6 is 0 Å². The fraction of sp³-hybridized carbons (Fsp3) is 0.545. The van der Waals surface area contributed by atoms with Crippen LogP contribution in [0.1, 0.15) is 11.1 Å². The van der Waals surface area contributed by atoms with Crippen molar-refractivity contribution in [3.05, 3.63) is 23.4 Å². The van der Waals surface area contributed by atoms with Crippen LogP contribution in [0.5, 0.6) is 0 Å². The van der Waals surface area contributed by atoms with E-state index in [2.05, 4.69) is 21.3 Å². The molecule has 3 heterocycles. The van der Waals surface area contributed by atoms with Gasteiger partial charge >= 0.3 is 0 Å². The van der Waals surface area contributed by atoms with Crippen LogP contribution in [-0.2, 0) is 18.0 Å². The molecule has 0 radical (unpaired) electrons. The third kappa shape index (κ3) is 1.70. The summed E-state index contributed by atoms with van der Waals surface area (Å²) in [5.41, 5.74) is 2.55. The van der Waals surface area contributed by atoms with E-state index in [0.29, 0.717) is 0 Å². The van der Waals surface area contributed by atoms with Gasteiger partial charge in [0.25, 0.3) is 0 Å². The Hall–Kier alpha value is -1.13. The van der Waals surface area contributed by atoms with Crippen LogP contribution in [0.4, 0.5) is 5.82 Å². The van der Waals surface area contributed by atoms with Gasteiger partial charge in [0.2, 0.25) is 0 Å². The molecular weight excluding hydrogens is 190 g/mol. The van der Waals surface area contributed by atoms with E-state index in [9.17, 15) is 0 Å². The molecule has 1 saturated heterocycles. The lowest BCUT2D eigenvalue weighted by Crippen LogP contribution is -2.43. The summed E-state index contributed by atoms with van der Waals surface area (Å²) in [5, 5.41) is 3.34. The predicted octanol–water partition coefficient (Wildman–Crippen LogP) is 0.521. The predicted molar refractivity (Wildman–Crippen MR) is 57.8 cm³/mol. The maximum Gasteiger partial charge on any atom is 0.128 e. The lowest BCUT2D eigenvalue weighted by atomic mass is 10.2. The smallest absolute Gasteiger partial charge is 0.128 e. The fourth-order valence-corrected chi connectivity index (χ4v) is 2.11. The van der Waals surface area contributed by atoms with Crippen molar-refractivity contribution in [2.45, 2.75) is 13.2 Å². The molecule has 0 aliphatic carbocycles. The third-order valence-electron chi connectivity index (χ3n) is 3.02. The van der Waals surface area contributed by atoms with Gasteiger partial charge in [-0.25, -0.2) is 4.98 Å². The number of piperazine rings is 1. The van der Waals surface area contributed by atoms with Crippen molar-refractivity contribution in [1.82, 2.24) is 10.3 Å². The van der Waals surface area contributed by atoms with E-state index in [1.807, 2.05) is 6.20 Å². The Balaban J connectivity index is 1.85. The lowest BCUT2D eigenvalue weighted by molar-refractivity contribution is 0.134.